The van der Waals surface area contributed by atoms with Gasteiger partial charge in [0.15, 0.2) is 5.78 Å². The molecule has 1 aliphatic heterocycles. The number of Topliss-reactive ketones (excluding diaryl/α,β-unsaturated/α-hetero) is 1. The summed E-state index contributed by atoms with van der Waals surface area (Å²) in [6.45, 7) is 4.09. The third-order valence-electron chi connectivity index (χ3n) is 4.97. The van der Waals surface area contributed by atoms with Crippen molar-refractivity contribution < 1.29 is 9.59 Å². The maximum absolute atomic E-state index is 13.2. The number of aryl methyl sites for hydroxylation is 1. The number of benzene rings is 2. The fraction of sp³-hybridized carbons (Fsp3) is 0.333. The Hall–Kier alpha value is -2.42. The van der Waals surface area contributed by atoms with E-state index in [0.29, 0.717) is 12.8 Å². The first-order valence-electron chi connectivity index (χ1n) is 8.58. The third-order valence-corrected chi connectivity index (χ3v) is 4.97. The van der Waals surface area contributed by atoms with Crippen molar-refractivity contribution in [1.29, 1.82) is 0 Å². The van der Waals surface area contributed by atoms with Crippen LogP contribution in [0.4, 0.5) is 5.69 Å². The number of unbranched alkanes of at least 4 members (excludes halogenated alkanes) is 1. The van der Waals surface area contributed by atoms with E-state index in [1.807, 2.05) is 55.5 Å². The lowest BCUT2D eigenvalue weighted by molar-refractivity contribution is -0.133. The van der Waals surface area contributed by atoms with Gasteiger partial charge >= 0.3 is 0 Å². The van der Waals surface area contributed by atoms with Crippen LogP contribution in [0, 0.1) is 6.92 Å². The van der Waals surface area contributed by atoms with Gasteiger partial charge in [0, 0.05) is 12.1 Å². The summed E-state index contributed by atoms with van der Waals surface area (Å²) in [6, 6.07) is 15.6. The molecule has 0 fully saturated rings. The monoisotopic (exact) mass is 321 g/mol. The van der Waals surface area contributed by atoms with Crippen LogP contribution in [0.15, 0.2) is 48.5 Å². The zero-order valence-corrected chi connectivity index (χ0v) is 14.3. The molecule has 0 saturated carbocycles. The molecule has 2 aromatic rings. The Morgan fingerprint density at radius 1 is 1.08 bits per heavy atom. The average molecular weight is 321 g/mol. The number of nitrogens with one attached hydrogen (secondary N) is 1. The molecule has 0 aromatic heterocycles. The summed E-state index contributed by atoms with van der Waals surface area (Å²) in [4.78, 5) is 26.1. The lowest BCUT2D eigenvalue weighted by Crippen LogP contribution is -2.44. The van der Waals surface area contributed by atoms with E-state index in [9.17, 15) is 9.59 Å². The van der Waals surface area contributed by atoms with Gasteiger partial charge in [-0.15, -0.1) is 0 Å². The molecule has 1 atom stereocenters. The molecule has 0 spiro atoms. The maximum atomic E-state index is 13.2. The van der Waals surface area contributed by atoms with E-state index >= 15 is 0 Å². The molecule has 1 unspecified atom stereocenters. The van der Waals surface area contributed by atoms with E-state index < -0.39 is 5.41 Å². The normalized spacial score (nSPS) is 19.0. The summed E-state index contributed by atoms with van der Waals surface area (Å²) in [7, 11) is 0. The van der Waals surface area contributed by atoms with Crippen LogP contribution in [0.2, 0.25) is 0 Å². The van der Waals surface area contributed by atoms with Crippen molar-refractivity contribution in [3.05, 3.63) is 65.2 Å². The summed E-state index contributed by atoms with van der Waals surface area (Å²) in [5.41, 5.74) is 2.64. The SMILES string of the molecule is CCCCC(=O)C1(Cc2ccccc2C)C(=O)Nc2ccccc21. The van der Waals surface area contributed by atoms with Gasteiger partial charge in [-0.25, -0.2) is 0 Å². The van der Waals surface area contributed by atoms with Crippen molar-refractivity contribution in [2.75, 3.05) is 5.32 Å². The second-order valence-corrected chi connectivity index (χ2v) is 6.54. The van der Waals surface area contributed by atoms with Crippen LogP contribution in [0.3, 0.4) is 0 Å². The second-order valence-electron chi connectivity index (χ2n) is 6.54. The van der Waals surface area contributed by atoms with E-state index in [0.717, 1.165) is 35.2 Å². The van der Waals surface area contributed by atoms with Gasteiger partial charge in [-0.1, -0.05) is 55.8 Å². The predicted octanol–water partition coefficient (Wildman–Crippen LogP) is 4.19. The molecule has 3 rings (SSSR count). The molecule has 0 saturated heterocycles. The number of amides is 1. The quantitative estimate of drug-likeness (QED) is 0.811. The molecule has 3 heteroatoms. The number of para-hydroxylation sites is 1. The number of anilines is 1. The minimum atomic E-state index is -1.10. The molecule has 24 heavy (non-hydrogen) atoms. The zero-order valence-electron chi connectivity index (χ0n) is 14.3. The molecule has 0 bridgehead atoms. The van der Waals surface area contributed by atoms with Gasteiger partial charge < -0.3 is 5.32 Å². The molecule has 1 heterocycles. The van der Waals surface area contributed by atoms with Crippen molar-refractivity contribution in [2.24, 2.45) is 0 Å². The van der Waals surface area contributed by atoms with Crippen LogP contribution in [0.1, 0.15) is 42.9 Å². The summed E-state index contributed by atoms with van der Waals surface area (Å²) in [6.07, 6.45) is 2.61. The van der Waals surface area contributed by atoms with Gasteiger partial charge in [0.2, 0.25) is 5.91 Å². The van der Waals surface area contributed by atoms with Crippen LogP contribution in [0.25, 0.3) is 0 Å². The first-order chi connectivity index (χ1) is 11.6. The van der Waals surface area contributed by atoms with Crippen LogP contribution in [-0.4, -0.2) is 11.7 Å². The number of hydrogen-bond acceptors (Lipinski definition) is 2. The Kier molecular flexibility index (Phi) is 4.52. The van der Waals surface area contributed by atoms with Crippen molar-refractivity contribution in [3.63, 3.8) is 0 Å². The number of hydrogen-bond donors (Lipinski definition) is 1. The molecular weight excluding hydrogens is 298 g/mol. The van der Waals surface area contributed by atoms with Gasteiger partial charge in [-0.2, -0.15) is 0 Å². The summed E-state index contributed by atoms with van der Waals surface area (Å²) < 4.78 is 0. The summed E-state index contributed by atoms with van der Waals surface area (Å²) in [5, 5.41) is 2.93. The topological polar surface area (TPSA) is 46.2 Å². The van der Waals surface area contributed by atoms with Gasteiger partial charge in [0.25, 0.3) is 0 Å². The Morgan fingerprint density at radius 3 is 2.54 bits per heavy atom. The van der Waals surface area contributed by atoms with E-state index in [1.54, 1.807) is 0 Å². The van der Waals surface area contributed by atoms with E-state index in [4.69, 9.17) is 0 Å². The predicted molar refractivity (Wildman–Crippen MR) is 96.2 cm³/mol. The Balaban J connectivity index is 2.10. The molecule has 1 aliphatic rings. The van der Waals surface area contributed by atoms with Gasteiger partial charge in [-0.3, -0.25) is 9.59 Å². The zero-order chi connectivity index (χ0) is 17.2. The lowest BCUT2D eigenvalue weighted by atomic mass is 9.71. The van der Waals surface area contributed by atoms with Crippen molar-refractivity contribution in [1.82, 2.24) is 0 Å². The number of rotatable bonds is 6. The highest BCUT2D eigenvalue weighted by molar-refractivity contribution is 6.21. The molecule has 124 valence electrons. The van der Waals surface area contributed by atoms with Gasteiger partial charge in [0.1, 0.15) is 5.41 Å². The molecule has 0 aliphatic carbocycles. The van der Waals surface area contributed by atoms with Crippen LogP contribution in [-0.2, 0) is 21.4 Å². The molecule has 3 nitrogen and oxygen atoms in total. The van der Waals surface area contributed by atoms with Crippen molar-refractivity contribution >= 4 is 17.4 Å². The highest BCUT2D eigenvalue weighted by Crippen LogP contribution is 2.42. The van der Waals surface area contributed by atoms with Crippen molar-refractivity contribution in [3.8, 4) is 0 Å². The van der Waals surface area contributed by atoms with Gasteiger partial charge in [-0.05, 0) is 42.5 Å². The smallest absolute Gasteiger partial charge is 0.243 e. The van der Waals surface area contributed by atoms with Crippen LogP contribution in [0.5, 0.6) is 0 Å². The fourth-order valence-corrected chi connectivity index (χ4v) is 3.51. The minimum absolute atomic E-state index is 0.0232. The standard InChI is InChI=1S/C21H23NO2/c1-3-4-13-19(23)21(14-16-10-6-5-9-15(16)2)17-11-7-8-12-18(17)22-20(21)24/h5-12H,3-4,13-14H2,1-2H3,(H,22,24). The first kappa shape index (κ1) is 16.4. The number of carbonyl (C=O) groups is 2. The summed E-state index contributed by atoms with van der Waals surface area (Å²) in [5.74, 6) is -0.164. The first-order valence-corrected chi connectivity index (χ1v) is 8.58. The largest absolute Gasteiger partial charge is 0.325 e. The highest BCUT2D eigenvalue weighted by Gasteiger charge is 2.51. The number of fused-ring (bicyclic) bond motifs is 1. The second kappa shape index (κ2) is 6.60. The Bertz CT molecular complexity index is 781. The fourth-order valence-electron chi connectivity index (χ4n) is 3.51. The molecule has 1 N–H and O–H groups in total. The van der Waals surface area contributed by atoms with Gasteiger partial charge in [0.05, 0.1) is 0 Å². The molecule has 1 amide bonds. The van der Waals surface area contributed by atoms with Crippen LogP contribution < -0.4 is 5.32 Å². The minimum Gasteiger partial charge on any atom is -0.325 e. The molecule has 0 radical (unpaired) electrons. The van der Waals surface area contributed by atoms with Crippen LogP contribution >= 0.6 is 0 Å². The molecule has 2 aromatic carbocycles. The Morgan fingerprint density at radius 2 is 1.79 bits per heavy atom. The summed E-state index contributed by atoms with van der Waals surface area (Å²) >= 11 is 0. The highest BCUT2D eigenvalue weighted by atomic mass is 16.2. The molecular formula is C21H23NO2. The van der Waals surface area contributed by atoms with E-state index in [-0.39, 0.29) is 11.7 Å². The van der Waals surface area contributed by atoms with Crippen molar-refractivity contribution in [2.45, 2.75) is 44.9 Å². The van der Waals surface area contributed by atoms with E-state index in [2.05, 4.69) is 12.2 Å². The Labute approximate surface area is 143 Å². The average Bonchev–Trinajstić information content (AvgIpc) is 2.87. The number of ketones is 1. The third kappa shape index (κ3) is 2.64. The number of carbonyl (C=O) groups excluding carboxylic acids is 2. The van der Waals surface area contributed by atoms with E-state index in [1.165, 1.54) is 0 Å². The lowest BCUT2D eigenvalue weighted by Gasteiger charge is -2.27. The maximum Gasteiger partial charge on any atom is 0.243 e.